The number of esters is 1. The van der Waals surface area contributed by atoms with Gasteiger partial charge in [0.15, 0.2) is 4.87 Å². The van der Waals surface area contributed by atoms with Gasteiger partial charge in [0.05, 0.1) is 0 Å². The number of benzene rings is 2. The van der Waals surface area contributed by atoms with Crippen molar-refractivity contribution in [3.63, 3.8) is 0 Å². The van der Waals surface area contributed by atoms with E-state index in [1.54, 1.807) is 0 Å². The molecule has 0 radical (unpaired) electrons. The van der Waals surface area contributed by atoms with Crippen molar-refractivity contribution in [2.24, 2.45) is 0 Å². The van der Waals surface area contributed by atoms with Crippen molar-refractivity contribution in [3.05, 3.63) is 84.4 Å². The summed E-state index contributed by atoms with van der Waals surface area (Å²) in [7, 11) is 0. The highest BCUT2D eigenvalue weighted by Gasteiger charge is 2.39. The Bertz CT molecular complexity index is 595. The molecule has 0 aliphatic heterocycles. The summed E-state index contributed by atoms with van der Waals surface area (Å²) >= 11 is 6.68. The Morgan fingerprint density at radius 3 is 2.24 bits per heavy atom. The van der Waals surface area contributed by atoms with Crippen molar-refractivity contribution in [1.82, 2.24) is 0 Å². The second-order valence-electron chi connectivity index (χ2n) is 4.72. The van der Waals surface area contributed by atoms with Gasteiger partial charge in [-0.2, -0.15) is 0 Å². The predicted molar refractivity (Wildman–Crippen MR) is 85.3 cm³/mol. The zero-order chi connectivity index (χ0) is 15.1. The zero-order valence-corrected chi connectivity index (χ0v) is 12.4. The summed E-state index contributed by atoms with van der Waals surface area (Å²) in [5, 5.41) is 0. The van der Waals surface area contributed by atoms with Gasteiger partial charge in [0.2, 0.25) is 0 Å². The minimum atomic E-state index is -1.23. The van der Waals surface area contributed by atoms with E-state index in [0.717, 1.165) is 11.1 Å². The second-order valence-corrected chi connectivity index (χ2v) is 5.36. The lowest BCUT2D eigenvalue weighted by Gasteiger charge is -2.25. The first kappa shape index (κ1) is 15.3. The van der Waals surface area contributed by atoms with Crippen molar-refractivity contribution in [3.8, 4) is 0 Å². The van der Waals surface area contributed by atoms with Crippen molar-refractivity contribution in [1.29, 1.82) is 0 Å². The quantitative estimate of drug-likeness (QED) is 0.456. The topological polar surface area (TPSA) is 26.3 Å². The summed E-state index contributed by atoms with van der Waals surface area (Å²) in [6, 6.07) is 18.9. The van der Waals surface area contributed by atoms with E-state index in [-0.39, 0.29) is 6.61 Å². The maximum Gasteiger partial charge on any atom is 0.332 e. The molecule has 21 heavy (non-hydrogen) atoms. The Morgan fingerprint density at radius 1 is 1.10 bits per heavy atom. The van der Waals surface area contributed by atoms with Crippen molar-refractivity contribution < 1.29 is 9.53 Å². The van der Waals surface area contributed by atoms with Crippen molar-refractivity contribution in [2.75, 3.05) is 6.61 Å². The SMILES string of the molecule is C=CCOC(=O)C(Cl)(Cc1ccccc1)c1ccccc1. The monoisotopic (exact) mass is 300 g/mol. The number of carbonyl (C=O) groups is 1. The number of carbonyl (C=O) groups excluding carboxylic acids is 1. The molecule has 2 rings (SSSR count). The number of halogens is 1. The smallest absolute Gasteiger partial charge is 0.332 e. The molecule has 1 atom stereocenters. The fourth-order valence-electron chi connectivity index (χ4n) is 2.12. The van der Waals surface area contributed by atoms with E-state index in [0.29, 0.717) is 6.42 Å². The van der Waals surface area contributed by atoms with Crippen LogP contribution in [0.25, 0.3) is 0 Å². The van der Waals surface area contributed by atoms with E-state index in [1.165, 1.54) is 6.08 Å². The molecule has 0 aliphatic rings. The molecule has 0 aromatic heterocycles. The van der Waals surface area contributed by atoms with Gasteiger partial charge in [-0.15, -0.1) is 11.6 Å². The first-order valence-electron chi connectivity index (χ1n) is 6.73. The minimum Gasteiger partial charge on any atom is -0.460 e. The molecule has 2 nitrogen and oxygen atoms in total. The Balaban J connectivity index is 2.34. The second kappa shape index (κ2) is 7.09. The molecule has 0 aliphatic carbocycles. The Kier molecular flexibility index (Phi) is 5.18. The van der Waals surface area contributed by atoms with E-state index in [1.807, 2.05) is 60.7 Å². The highest BCUT2D eigenvalue weighted by atomic mass is 35.5. The molecule has 0 bridgehead atoms. The largest absolute Gasteiger partial charge is 0.460 e. The van der Waals surface area contributed by atoms with E-state index in [2.05, 4.69) is 6.58 Å². The molecule has 3 heteroatoms. The van der Waals surface area contributed by atoms with Gasteiger partial charge >= 0.3 is 5.97 Å². The van der Waals surface area contributed by atoms with E-state index < -0.39 is 10.8 Å². The molecule has 0 heterocycles. The van der Waals surface area contributed by atoms with Crippen LogP contribution < -0.4 is 0 Å². The van der Waals surface area contributed by atoms with Gasteiger partial charge in [0.25, 0.3) is 0 Å². The average Bonchev–Trinajstić information content (AvgIpc) is 2.54. The number of rotatable bonds is 6. The first-order valence-corrected chi connectivity index (χ1v) is 7.11. The van der Waals surface area contributed by atoms with Gasteiger partial charge in [0, 0.05) is 6.42 Å². The third-order valence-electron chi connectivity index (χ3n) is 3.18. The van der Waals surface area contributed by atoms with Gasteiger partial charge < -0.3 is 4.74 Å². The van der Waals surface area contributed by atoms with Crippen LogP contribution in [0.3, 0.4) is 0 Å². The van der Waals surface area contributed by atoms with Gasteiger partial charge in [-0.25, -0.2) is 4.79 Å². The van der Waals surface area contributed by atoms with Gasteiger partial charge in [-0.1, -0.05) is 73.3 Å². The number of hydrogen-bond donors (Lipinski definition) is 0. The third-order valence-corrected chi connectivity index (χ3v) is 3.68. The third kappa shape index (κ3) is 3.73. The van der Waals surface area contributed by atoms with Gasteiger partial charge in [-0.05, 0) is 11.1 Å². The van der Waals surface area contributed by atoms with Crippen LogP contribution >= 0.6 is 11.6 Å². The summed E-state index contributed by atoms with van der Waals surface area (Å²) < 4.78 is 5.19. The highest BCUT2D eigenvalue weighted by molar-refractivity contribution is 6.34. The molecule has 2 aromatic carbocycles. The van der Waals surface area contributed by atoms with Gasteiger partial charge in [-0.3, -0.25) is 0 Å². The number of hydrogen-bond acceptors (Lipinski definition) is 2. The zero-order valence-electron chi connectivity index (χ0n) is 11.7. The Labute approximate surface area is 130 Å². The van der Waals surface area contributed by atoms with Crippen LogP contribution in [0.15, 0.2) is 73.3 Å². The predicted octanol–water partition coefficient (Wildman–Crippen LogP) is 4.09. The summed E-state index contributed by atoms with van der Waals surface area (Å²) in [5.74, 6) is -0.459. The van der Waals surface area contributed by atoms with Crippen LogP contribution in [0.2, 0.25) is 0 Å². The maximum atomic E-state index is 12.4. The molecule has 0 fully saturated rings. The van der Waals surface area contributed by atoms with Crippen LogP contribution in [0, 0.1) is 0 Å². The van der Waals surface area contributed by atoms with Crippen LogP contribution in [0.1, 0.15) is 11.1 Å². The number of ether oxygens (including phenoxy) is 1. The fraction of sp³-hybridized carbons (Fsp3) is 0.167. The molecule has 0 spiro atoms. The molecule has 2 aromatic rings. The summed E-state index contributed by atoms with van der Waals surface area (Å²) in [6.45, 7) is 3.70. The molecule has 0 saturated carbocycles. The molecule has 0 amide bonds. The lowest BCUT2D eigenvalue weighted by atomic mass is 9.91. The lowest BCUT2D eigenvalue weighted by Crippen LogP contribution is -2.34. The van der Waals surface area contributed by atoms with Crippen molar-refractivity contribution >= 4 is 17.6 Å². The normalized spacial score (nSPS) is 13.2. The standard InChI is InChI=1S/C18H17ClO2/c1-2-13-21-17(20)18(19,16-11-7-4-8-12-16)14-15-9-5-3-6-10-15/h2-12H,1,13-14H2. The molecule has 108 valence electrons. The first-order chi connectivity index (χ1) is 10.2. The highest BCUT2D eigenvalue weighted by Crippen LogP contribution is 2.34. The molecular formula is C18H17ClO2. The lowest BCUT2D eigenvalue weighted by molar-refractivity contribution is -0.146. The van der Waals surface area contributed by atoms with Crippen molar-refractivity contribution in [2.45, 2.75) is 11.3 Å². The molecule has 0 saturated heterocycles. The maximum absolute atomic E-state index is 12.4. The van der Waals surface area contributed by atoms with E-state index in [9.17, 15) is 4.79 Å². The number of alkyl halides is 1. The van der Waals surface area contributed by atoms with Crippen LogP contribution in [-0.4, -0.2) is 12.6 Å². The van der Waals surface area contributed by atoms with E-state index >= 15 is 0 Å². The van der Waals surface area contributed by atoms with Crippen LogP contribution in [0.4, 0.5) is 0 Å². The molecular weight excluding hydrogens is 284 g/mol. The van der Waals surface area contributed by atoms with E-state index in [4.69, 9.17) is 16.3 Å². The Hall–Kier alpha value is -2.06. The molecule has 1 unspecified atom stereocenters. The summed E-state index contributed by atoms with van der Waals surface area (Å²) in [4.78, 5) is 11.2. The average molecular weight is 301 g/mol. The van der Waals surface area contributed by atoms with Gasteiger partial charge in [0.1, 0.15) is 6.61 Å². The summed E-state index contributed by atoms with van der Waals surface area (Å²) in [6.07, 6.45) is 1.90. The fourth-order valence-corrected chi connectivity index (χ4v) is 2.46. The Morgan fingerprint density at radius 2 is 1.67 bits per heavy atom. The summed E-state index contributed by atoms with van der Waals surface area (Å²) in [5.41, 5.74) is 1.71. The molecule has 0 N–H and O–H groups in total. The minimum absolute atomic E-state index is 0.148. The van der Waals surface area contributed by atoms with Crippen LogP contribution in [0.5, 0.6) is 0 Å². The van der Waals surface area contributed by atoms with Crippen LogP contribution in [-0.2, 0) is 20.8 Å².